The van der Waals surface area contributed by atoms with Crippen molar-refractivity contribution in [2.75, 3.05) is 11.9 Å². The number of carbonyl (C=O) groups is 1. The number of nitriles is 1. The highest BCUT2D eigenvalue weighted by molar-refractivity contribution is 5.92. The van der Waals surface area contributed by atoms with Gasteiger partial charge in [-0.05, 0) is 29.3 Å². The molecule has 0 fully saturated rings. The third kappa shape index (κ3) is 5.81. The van der Waals surface area contributed by atoms with E-state index in [2.05, 4.69) is 40.6 Å². The van der Waals surface area contributed by atoms with Crippen molar-refractivity contribution in [3.05, 3.63) is 102 Å². The van der Waals surface area contributed by atoms with Crippen LogP contribution in [0.5, 0.6) is 0 Å². The minimum Gasteiger partial charge on any atom is -0.325 e. The molecule has 0 aliphatic heterocycles. The van der Waals surface area contributed by atoms with Gasteiger partial charge in [0.25, 0.3) is 0 Å². The first-order chi connectivity index (χ1) is 13.2. The molecule has 4 heteroatoms. The molecule has 0 bridgehead atoms. The Morgan fingerprint density at radius 3 is 2.00 bits per heavy atom. The first kappa shape index (κ1) is 18.4. The Balaban J connectivity index is 1.69. The fourth-order valence-corrected chi connectivity index (χ4v) is 2.92. The molecule has 0 unspecified atom stereocenters. The lowest BCUT2D eigenvalue weighted by Crippen LogP contribution is -2.32. The Bertz CT molecular complexity index is 876. The Morgan fingerprint density at radius 1 is 0.852 bits per heavy atom. The van der Waals surface area contributed by atoms with Crippen molar-refractivity contribution < 1.29 is 4.79 Å². The van der Waals surface area contributed by atoms with Crippen LogP contribution >= 0.6 is 0 Å². The molecule has 0 saturated carbocycles. The summed E-state index contributed by atoms with van der Waals surface area (Å²) in [7, 11) is 0. The number of benzene rings is 3. The largest absolute Gasteiger partial charge is 0.325 e. The summed E-state index contributed by atoms with van der Waals surface area (Å²) in [5.41, 5.74) is 3.48. The molecule has 0 aromatic heterocycles. The topological polar surface area (TPSA) is 56.1 Å². The molecule has 0 spiro atoms. The molecule has 0 aliphatic carbocycles. The number of amides is 1. The average Bonchev–Trinajstić information content (AvgIpc) is 2.69. The second-order valence-electron chi connectivity index (χ2n) is 6.36. The zero-order valence-electron chi connectivity index (χ0n) is 15.0. The van der Waals surface area contributed by atoms with Gasteiger partial charge >= 0.3 is 0 Å². The van der Waals surface area contributed by atoms with Crippen molar-refractivity contribution in [1.29, 1.82) is 5.26 Å². The van der Waals surface area contributed by atoms with Crippen molar-refractivity contribution in [2.24, 2.45) is 0 Å². The summed E-state index contributed by atoms with van der Waals surface area (Å²) in [6, 6.07) is 29.3. The van der Waals surface area contributed by atoms with Gasteiger partial charge in [-0.3, -0.25) is 9.69 Å². The summed E-state index contributed by atoms with van der Waals surface area (Å²) >= 11 is 0. The highest BCUT2D eigenvalue weighted by Crippen LogP contribution is 2.12. The maximum Gasteiger partial charge on any atom is 0.238 e. The SMILES string of the molecule is N#Cc1cccc(NC(=O)CN(Cc2ccccc2)Cc2ccccc2)c1. The normalized spacial score (nSPS) is 10.4. The van der Waals surface area contributed by atoms with Gasteiger partial charge in [0.05, 0.1) is 18.2 Å². The van der Waals surface area contributed by atoms with E-state index in [1.165, 1.54) is 0 Å². The van der Waals surface area contributed by atoms with E-state index < -0.39 is 0 Å². The maximum absolute atomic E-state index is 12.6. The van der Waals surface area contributed by atoms with E-state index in [4.69, 9.17) is 5.26 Å². The monoisotopic (exact) mass is 355 g/mol. The van der Waals surface area contributed by atoms with Gasteiger partial charge in [0.1, 0.15) is 0 Å². The molecular weight excluding hydrogens is 334 g/mol. The minimum atomic E-state index is -0.100. The van der Waals surface area contributed by atoms with Gasteiger partial charge in [-0.1, -0.05) is 66.7 Å². The minimum absolute atomic E-state index is 0.100. The molecule has 3 aromatic rings. The number of hydrogen-bond acceptors (Lipinski definition) is 3. The lowest BCUT2D eigenvalue weighted by atomic mass is 10.1. The predicted octanol–water partition coefficient (Wildman–Crippen LogP) is 4.20. The summed E-state index contributed by atoms with van der Waals surface area (Å²) in [6.07, 6.45) is 0. The molecule has 0 heterocycles. The number of nitrogens with one attached hydrogen (secondary N) is 1. The standard InChI is InChI=1S/C23H21N3O/c24-15-21-12-7-13-22(14-21)25-23(27)18-26(16-19-8-3-1-4-9-19)17-20-10-5-2-6-11-20/h1-14H,16-18H2,(H,25,27). The van der Waals surface area contributed by atoms with Crippen LogP contribution < -0.4 is 5.32 Å². The zero-order valence-corrected chi connectivity index (χ0v) is 15.0. The summed E-state index contributed by atoms with van der Waals surface area (Å²) < 4.78 is 0. The Labute approximate surface area is 159 Å². The van der Waals surface area contributed by atoms with E-state index in [9.17, 15) is 4.79 Å². The molecule has 27 heavy (non-hydrogen) atoms. The van der Waals surface area contributed by atoms with Crippen molar-refractivity contribution in [3.63, 3.8) is 0 Å². The van der Waals surface area contributed by atoms with Crippen LogP contribution in [0.25, 0.3) is 0 Å². The third-order valence-corrected chi connectivity index (χ3v) is 4.14. The second kappa shape index (κ2) is 9.33. The fraction of sp³-hybridized carbons (Fsp3) is 0.130. The summed E-state index contributed by atoms with van der Waals surface area (Å²) in [5.74, 6) is -0.100. The molecule has 3 aromatic carbocycles. The van der Waals surface area contributed by atoms with Crippen molar-refractivity contribution in [1.82, 2.24) is 4.90 Å². The maximum atomic E-state index is 12.6. The van der Waals surface area contributed by atoms with Gasteiger partial charge in [0.15, 0.2) is 0 Å². The van der Waals surface area contributed by atoms with Gasteiger partial charge in [-0.15, -0.1) is 0 Å². The number of nitrogens with zero attached hydrogens (tertiary/aromatic N) is 2. The molecule has 1 N–H and O–H groups in total. The van der Waals surface area contributed by atoms with E-state index in [1.54, 1.807) is 24.3 Å². The van der Waals surface area contributed by atoms with Gasteiger partial charge in [-0.25, -0.2) is 0 Å². The lowest BCUT2D eigenvalue weighted by Gasteiger charge is -2.22. The lowest BCUT2D eigenvalue weighted by molar-refractivity contribution is -0.117. The molecule has 1 amide bonds. The zero-order chi connectivity index (χ0) is 18.9. The van der Waals surface area contributed by atoms with Gasteiger partial charge in [0.2, 0.25) is 5.91 Å². The van der Waals surface area contributed by atoms with Crippen molar-refractivity contribution in [2.45, 2.75) is 13.1 Å². The molecule has 0 radical (unpaired) electrons. The second-order valence-corrected chi connectivity index (χ2v) is 6.36. The third-order valence-electron chi connectivity index (χ3n) is 4.14. The van der Waals surface area contributed by atoms with Crippen LogP contribution in [-0.4, -0.2) is 17.4 Å². The Kier molecular flexibility index (Phi) is 6.35. The van der Waals surface area contributed by atoms with E-state index in [0.29, 0.717) is 24.3 Å². The van der Waals surface area contributed by atoms with Gasteiger partial charge in [-0.2, -0.15) is 5.26 Å². The van der Waals surface area contributed by atoms with Crippen molar-refractivity contribution in [3.8, 4) is 6.07 Å². The Morgan fingerprint density at radius 2 is 1.44 bits per heavy atom. The summed E-state index contributed by atoms with van der Waals surface area (Å²) in [5, 5.41) is 11.9. The predicted molar refractivity (Wildman–Crippen MR) is 107 cm³/mol. The first-order valence-corrected chi connectivity index (χ1v) is 8.83. The molecule has 3 rings (SSSR count). The van der Waals surface area contributed by atoms with Crippen LogP contribution in [0.4, 0.5) is 5.69 Å². The quantitative estimate of drug-likeness (QED) is 0.691. The number of carbonyl (C=O) groups excluding carboxylic acids is 1. The molecule has 0 saturated heterocycles. The smallest absolute Gasteiger partial charge is 0.238 e. The van der Waals surface area contributed by atoms with E-state index in [-0.39, 0.29) is 12.5 Å². The summed E-state index contributed by atoms with van der Waals surface area (Å²) in [4.78, 5) is 14.7. The highest BCUT2D eigenvalue weighted by atomic mass is 16.2. The van der Waals surface area contributed by atoms with E-state index in [1.807, 2.05) is 36.4 Å². The molecule has 134 valence electrons. The van der Waals surface area contributed by atoms with Crippen LogP contribution in [0.15, 0.2) is 84.9 Å². The van der Waals surface area contributed by atoms with Crippen molar-refractivity contribution >= 4 is 11.6 Å². The number of anilines is 1. The van der Waals surface area contributed by atoms with Crippen LogP contribution in [-0.2, 0) is 17.9 Å². The number of rotatable bonds is 7. The van der Waals surface area contributed by atoms with Crippen LogP contribution in [0.2, 0.25) is 0 Å². The average molecular weight is 355 g/mol. The van der Waals surface area contributed by atoms with Crippen LogP contribution in [0.1, 0.15) is 16.7 Å². The van der Waals surface area contributed by atoms with Crippen LogP contribution in [0, 0.1) is 11.3 Å². The van der Waals surface area contributed by atoms with Gasteiger partial charge in [0, 0.05) is 18.8 Å². The summed E-state index contributed by atoms with van der Waals surface area (Å²) in [6.45, 7) is 1.63. The Hall–Kier alpha value is -3.42. The molecule has 4 nitrogen and oxygen atoms in total. The first-order valence-electron chi connectivity index (χ1n) is 8.83. The fourth-order valence-electron chi connectivity index (χ4n) is 2.92. The molecular formula is C23H21N3O. The van der Waals surface area contributed by atoms with Crippen LogP contribution in [0.3, 0.4) is 0 Å². The molecule has 0 atom stereocenters. The van der Waals surface area contributed by atoms with Gasteiger partial charge < -0.3 is 5.32 Å². The highest BCUT2D eigenvalue weighted by Gasteiger charge is 2.12. The van der Waals surface area contributed by atoms with E-state index in [0.717, 1.165) is 11.1 Å². The number of hydrogen-bond donors (Lipinski definition) is 1. The molecule has 0 aliphatic rings. The van der Waals surface area contributed by atoms with E-state index >= 15 is 0 Å².